The quantitative estimate of drug-likeness (QED) is 0.411. The molecule has 3 heteroatoms. The van der Waals surface area contributed by atoms with Gasteiger partial charge < -0.3 is 4.84 Å². The Balaban J connectivity index is 3.04. The summed E-state index contributed by atoms with van der Waals surface area (Å²) >= 11 is 0. The number of hydroxylamine groups is 1. The van der Waals surface area contributed by atoms with Gasteiger partial charge in [0.25, 0.3) is 0 Å². The molecule has 0 rings (SSSR count). The monoisotopic (exact) mass is 143 g/mol. The molecular weight excluding hydrogens is 130 g/mol. The summed E-state index contributed by atoms with van der Waals surface area (Å²) in [6.07, 6.45) is 2.26. The lowest BCUT2D eigenvalue weighted by atomic mass is 10.1. The van der Waals surface area contributed by atoms with Crippen LogP contribution in [0.3, 0.4) is 0 Å². The third-order valence-electron chi connectivity index (χ3n) is 1.27. The van der Waals surface area contributed by atoms with E-state index in [-0.39, 0.29) is 0 Å². The van der Waals surface area contributed by atoms with E-state index in [1.54, 1.807) is 0 Å². The average molecular weight is 143 g/mol. The van der Waals surface area contributed by atoms with Gasteiger partial charge in [-0.1, -0.05) is 20.3 Å². The van der Waals surface area contributed by atoms with E-state index in [1.165, 1.54) is 6.47 Å². The second-order valence-electron chi connectivity index (χ2n) is 2.38. The van der Waals surface area contributed by atoms with Crippen molar-refractivity contribution in [2.24, 2.45) is 5.92 Å². The maximum Gasteiger partial charge on any atom is 0.439 e. The molecule has 0 aliphatic heterocycles. The average Bonchev–Trinajstić information content (AvgIpc) is 1.89. The molecule has 0 aromatic heterocycles. The second kappa shape index (κ2) is 6.55. The fourth-order valence-corrected chi connectivity index (χ4v) is 0.775. The largest absolute Gasteiger partial charge is 0.439 e. The maximum absolute atomic E-state index is 9.50. The molecule has 0 spiro atoms. The molecule has 0 saturated carbocycles. The highest BCUT2D eigenvalue weighted by Crippen LogP contribution is 2.02. The molecule has 0 aromatic carbocycles. The Morgan fingerprint density at radius 3 is 2.90 bits per heavy atom. The zero-order chi connectivity index (χ0) is 7.82. The number of carbonyl (C=O) groups excluding carboxylic acids is 1. The van der Waals surface area contributed by atoms with Gasteiger partial charge in [-0.25, -0.2) is 4.79 Å². The Labute approximate surface area is 61.7 Å². The van der Waals surface area contributed by atoms with Crippen LogP contribution in [0.2, 0.25) is 0 Å². The molecule has 58 valence electrons. The molecule has 0 aliphatic carbocycles. The molecule has 0 bridgehead atoms. The summed E-state index contributed by atoms with van der Waals surface area (Å²) in [5, 5.41) is 0. The van der Waals surface area contributed by atoms with E-state index in [0.29, 0.717) is 12.5 Å². The van der Waals surface area contributed by atoms with Gasteiger partial charge in [0.2, 0.25) is 0 Å². The van der Waals surface area contributed by atoms with Gasteiger partial charge in [0.05, 0.1) is 6.54 Å². The summed E-state index contributed by atoms with van der Waals surface area (Å²) in [5.74, 6) is 0.498. The molecule has 3 nitrogen and oxygen atoms in total. The molecule has 10 heavy (non-hydrogen) atoms. The van der Waals surface area contributed by atoms with Crippen LogP contribution < -0.4 is 5.48 Å². The first-order valence-corrected chi connectivity index (χ1v) is 3.51. The van der Waals surface area contributed by atoms with Crippen molar-refractivity contribution >= 4 is 6.47 Å². The van der Waals surface area contributed by atoms with Gasteiger partial charge in [0.1, 0.15) is 0 Å². The SMILES string of the molecule is CCCC(C)C[N]O[C]=O. The first kappa shape index (κ1) is 9.43. The Bertz CT molecular complexity index is 85.7. The van der Waals surface area contributed by atoms with Crippen LogP contribution in [0.5, 0.6) is 0 Å². The Morgan fingerprint density at radius 2 is 2.40 bits per heavy atom. The van der Waals surface area contributed by atoms with Crippen molar-refractivity contribution in [3.63, 3.8) is 0 Å². The molecule has 1 unspecified atom stereocenters. The van der Waals surface area contributed by atoms with Gasteiger partial charge in [0.15, 0.2) is 0 Å². The van der Waals surface area contributed by atoms with Gasteiger partial charge in [-0.05, 0) is 17.8 Å². The number of hydrogen-bond acceptors (Lipinski definition) is 2. The zero-order valence-electron chi connectivity index (χ0n) is 6.46. The van der Waals surface area contributed by atoms with E-state index < -0.39 is 0 Å². The second-order valence-corrected chi connectivity index (χ2v) is 2.38. The highest BCUT2D eigenvalue weighted by molar-refractivity contribution is 5.37. The smallest absolute Gasteiger partial charge is 0.340 e. The zero-order valence-corrected chi connectivity index (χ0v) is 6.46. The van der Waals surface area contributed by atoms with Crippen molar-refractivity contribution < 1.29 is 9.63 Å². The molecule has 1 atom stereocenters. The Hall–Kier alpha value is -0.570. The highest BCUT2D eigenvalue weighted by atomic mass is 16.7. The van der Waals surface area contributed by atoms with E-state index in [0.717, 1.165) is 12.8 Å². The lowest BCUT2D eigenvalue weighted by molar-refractivity contribution is 0.144. The molecular formula is C7H13NO2. The highest BCUT2D eigenvalue weighted by Gasteiger charge is 2.00. The first-order chi connectivity index (χ1) is 4.81. The van der Waals surface area contributed by atoms with Crippen LogP contribution in [-0.2, 0) is 9.63 Å². The fourth-order valence-electron chi connectivity index (χ4n) is 0.775. The van der Waals surface area contributed by atoms with E-state index in [1.807, 2.05) is 0 Å². The summed E-state index contributed by atoms with van der Waals surface area (Å²) in [5.41, 5.74) is 3.48. The Kier molecular flexibility index (Phi) is 6.18. The standard InChI is InChI=1S/C7H13NO2/c1-3-4-7(2)5-8-10-6-9/h7H,3-5H2,1-2H3. The molecule has 0 aromatic rings. The molecule has 0 heterocycles. The predicted octanol–water partition coefficient (Wildman–Crippen LogP) is 1.03. The fraction of sp³-hybridized carbons (Fsp3) is 0.857. The summed E-state index contributed by atoms with van der Waals surface area (Å²) in [4.78, 5) is 13.6. The Morgan fingerprint density at radius 1 is 1.70 bits per heavy atom. The van der Waals surface area contributed by atoms with Crippen molar-refractivity contribution in [1.82, 2.24) is 5.48 Å². The van der Waals surface area contributed by atoms with Gasteiger partial charge in [-0.2, -0.15) is 0 Å². The third kappa shape index (κ3) is 5.56. The molecule has 0 fully saturated rings. The minimum atomic E-state index is 0.498. The van der Waals surface area contributed by atoms with Gasteiger partial charge in [-0.3, -0.25) is 0 Å². The van der Waals surface area contributed by atoms with Crippen molar-refractivity contribution in [3.8, 4) is 0 Å². The lowest BCUT2D eigenvalue weighted by Gasteiger charge is -2.05. The third-order valence-corrected chi connectivity index (χ3v) is 1.27. The lowest BCUT2D eigenvalue weighted by Crippen LogP contribution is -2.13. The van der Waals surface area contributed by atoms with Crippen LogP contribution >= 0.6 is 0 Å². The van der Waals surface area contributed by atoms with Crippen molar-refractivity contribution in [2.45, 2.75) is 26.7 Å². The number of hydrogen-bond donors (Lipinski definition) is 0. The summed E-state index contributed by atoms with van der Waals surface area (Å²) < 4.78 is 0. The normalized spacial score (nSPS) is 12.6. The van der Waals surface area contributed by atoms with Crippen LogP contribution in [-0.4, -0.2) is 13.0 Å². The van der Waals surface area contributed by atoms with Gasteiger partial charge in [-0.15, -0.1) is 0 Å². The number of rotatable bonds is 6. The van der Waals surface area contributed by atoms with Crippen LogP contribution in [0.1, 0.15) is 26.7 Å². The van der Waals surface area contributed by atoms with E-state index in [9.17, 15) is 4.79 Å². The first-order valence-electron chi connectivity index (χ1n) is 3.51. The van der Waals surface area contributed by atoms with Crippen LogP contribution in [0, 0.1) is 5.92 Å². The van der Waals surface area contributed by atoms with E-state index >= 15 is 0 Å². The minimum absolute atomic E-state index is 0.498. The van der Waals surface area contributed by atoms with Crippen LogP contribution in [0.25, 0.3) is 0 Å². The van der Waals surface area contributed by atoms with Crippen LogP contribution in [0.15, 0.2) is 0 Å². The van der Waals surface area contributed by atoms with Crippen molar-refractivity contribution in [3.05, 3.63) is 0 Å². The topological polar surface area (TPSA) is 40.4 Å². The molecule has 0 saturated heterocycles. The molecule has 0 amide bonds. The maximum atomic E-state index is 9.50. The summed E-state index contributed by atoms with van der Waals surface area (Å²) in [7, 11) is 0. The predicted molar refractivity (Wildman–Crippen MR) is 37.9 cm³/mol. The van der Waals surface area contributed by atoms with Crippen LogP contribution in [0.4, 0.5) is 0 Å². The van der Waals surface area contributed by atoms with Crippen molar-refractivity contribution in [1.29, 1.82) is 0 Å². The van der Waals surface area contributed by atoms with Gasteiger partial charge >= 0.3 is 6.47 Å². The summed E-state index contributed by atoms with van der Waals surface area (Å²) in [6.45, 7) is 6.02. The van der Waals surface area contributed by atoms with Crippen molar-refractivity contribution in [2.75, 3.05) is 6.54 Å². The van der Waals surface area contributed by atoms with E-state index in [2.05, 4.69) is 24.2 Å². The van der Waals surface area contributed by atoms with E-state index in [4.69, 9.17) is 0 Å². The summed E-state index contributed by atoms with van der Waals surface area (Å²) in [6, 6.07) is 0. The molecule has 2 radical (unpaired) electrons. The number of nitrogens with zero attached hydrogens (tertiary/aromatic N) is 1. The molecule has 0 aliphatic rings. The minimum Gasteiger partial charge on any atom is -0.340 e. The van der Waals surface area contributed by atoms with Gasteiger partial charge in [0, 0.05) is 0 Å². The molecule has 0 N–H and O–H groups in total.